The van der Waals surface area contributed by atoms with Gasteiger partial charge in [-0.2, -0.15) is 0 Å². The van der Waals surface area contributed by atoms with Crippen LogP contribution in [0.5, 0.6) is 5.75 Å². The number of benzene rings is 2. The van der Waals surface area contributed by atoms with Gasteiger partial charge in [-0.25, -0.2) is 0 Å². The Morgan fingerprint density at radius 1 is 1.00 bits per heavy atom. The molecule has 1 fully saturated rings. The van der Waals surface area contributed by atoms with Crippen molar-refractivity contribution in [3.05, 3.63) is 60.2 Å². The van der Waals surface area contributed by atoms with Crippen molar-refractivity contribution in [3.8, 4) is 5.75 Å². The molecule has 1 N–H and O–H groups in total. The number of nitrogens with zero attached hydrogens (tertiary/aromatic N) is 2. The first-order chi connectivity index (χ1) is 13.6. The molecule has 6 heteroatoms. The third-order valence-corrected chi connectivity index (χ3v) is 5.06. The summed E-state index contributed by atoms with van der Waals surface area (Å²) in [6, 6.07) is 17.5. The van der Waals surface area contributed by atoms with E-state index in [-0.39, 0.29) is 24.3 Å². The van der Waals surface area contributed by atoms with Crippen molar-refractivity contribution >= 4 is 17.5 Å². The molecule has 0 aromatic heterocycles. The van der Waals surface area contributed by atoms with Crippen LogP contribution in [-0.4, -0.2) is 50.0 Å². The van der Waals surface area contributed by atoms with Crippen molar-refractivity contribution in [1.82, 2.24) is 10.2 Å². The van der Waals surface area contributed by atoms with Gasteiger partial charge < -0.3 is 19.9 Å². The van der Waals surface area contributed by atoms with Crippen molar-refractivity contribution in [2.75, 3.05) is 38.2 Å². The summed E-state index contributed by atoms with van der Waals surface area (Å²) in [5, 5.41) is 2.90. The minimum atomic E-state index is -0.237. The van der Waals surface area contributed by atoms with Gasteiger partial charge in [-0.3, -0.25) is 9.59 Å². The van der Waals surface area contributed by atoms with Gasteiger partial charge >= 0.3 is 0 Å². The molecule has 28 heavy (non-hydrogen) atoms. The predicted molar refractivity (Wildman–Crippen MR) is 109 cm³/mol. The number of methoxy groups -OCH3 is 1. The highest BCUT2D eigenvalue weighted by Gasteiger charge is 2.23. The van der Waals surface area contributed by atoms with Gasteiger partial charge in [-0.15, -0.1) is 0 Å². The Balaban J connectivity index is 1.46. The van der Waals surface area contributed by atoms with E-state index in [1.54, 1.807) is 12.0 Å². The van der Waals surface area contributed by atoms with Crippen LogP contribution in [0.1, 0.15) is 24.9 Å². The number of anilines is 1. The quantitative estimate of drug-likeness (QED) is 0.782. The van der Waals surface area contributed by atoms with Crippen molar-refractivity contribution in [1.29, 1.82) is 0 Å². The Bertz CT molecular complexity index is 784. The Hall–Kier alpha value is -3.02. The zero-order valence-electron chi connectivity index (χ0n) is 16.4. The Kier molecular flexibility index (Phi) is 6.53. The molecule has 2 amide bonds. The van der Waals surface area contributed by atoms with Gasteiger partial charge in [0.1, 0.15) is 12.2 Å². The number of hydrogen-bond acceptors (Lipinski definition) is 4. The summed E-state index contributed by atoms with van der Waals surface area (Å²) in [6.07, 6.45) is -0.111. The normalized spacial score (nSPS) is 15.1. The van der Waals surface area contributed by atoms with Crippen LogP contribution in [0.25, 0.3) is 0 Å². The van der Waals surface area contributed by atoms with Crippen LogP contribution in [0.15, 0.2) is 54.6 Å². The number of ether oxygens (including phenoxy) is 1. The maximum Gasteiger partial charge on any atom is 0.232 e. The number of carbonyl (C=O) groups is 2. The van der Waals surface area contributed by atoms with E-state index in [2.05, 4.69) is 10.2 Å². The number of piperazine rings is 1. The van der Waals surface area contributed by atoms with Crippen molar-refractivity contribution < 1.29 is 14.3 Å². The molecule has 6 nitrogen and oxygen atoms in total. The number of carbonyl (C=O) groups excluding carboxylic acids is 2. The van der Waals surface area contributed by atoms with Crippen molar-refractivity contribution in [3.63, 3.8) is 0 Å². The largest absolute Gasteiger partial charge is 0.497 e. The van der Waals surface area contributed by atoms with Gasteiger partial charge in [0.25, 0.3) is 0 Å². The number of rotatable bonds is 6. The second-order valence-electron chi connectivity index (χ2n) is 6.94. The number of nitrogens with one attached hydrogen (secondary N) is 1. The molecule has 1 unspecified atom stereocenters. The van der Waals surface area contributed by atoms with Crippen LogP contribution in [0.2, 0.25) is 0 Å². The van der Waals surface area contributed by atoms with Gasteiger partial charge in [0.05, 0.1) is 13.2 Å². The number of amides is 2. The van der Waals surface area contributed by atoms with E-state index in [1.165, 1.54) is 0 Å². The summed E-state index contributed by atoms with van der Waals surface area (Å²) in [5.74, 6) is 0.472. The molecule has 3 rings (SSSR count). The maximum atomic E-state index is 12.5. The summed E-state index contributed by atoms with van der Waals surface area (Å²) in [4.78, 5) is 28.7. The lowest BCUT2D eigenvalue weighted by Crippen LogP contribution is -2.49. The summed E-state index contributed by atoms with van der Waals surface area (Å²) in [7, 11) is 1.65. The van der Waals surface area contributed by atoms with E-state index in [4.69, 9.17) is 4.74 Å². The van der Waals surface area contributed by atoms with Crippen LogP contribution in [0.4, 0.5) is 5.69 Å². The van der Waals surface area contributed by atoms with Gasteiger partial charge in [-0.05, 0) is 36.8 Å². The van der Waals surface area contributed by atoms with Crippen molar-refractivity contribution in [2.45, 2.75) is 19.4 Å². The molecule has 2 aromatic rings. The molecule has 1 aliphatic rings. The molecule has 0 saturated carbocycles. The van der Waals surface area contributed by atoms with Crippen LogP contribution < -0.4 is 15.0 Å². The second-order valence-corrected chi connectivity index (χ2v) is 6.94. The first kappa shape index (κ1) is 19.7. The summed E-state index contributed by atoms with van der Waals surface area (Å²) < 4.78 is 5.19. The highest BCUT2D eigenvalue weighted by molar-refractivity contribution is 5.97. The molecule has 0 radical (unpaired) electrons. The topological polar surface area (TPSA) is 61.9 Å². The molecular weight excluding hydrogens is 354 g/mol. The molecule has 2 aromatic carbocycles. The second kappa shape index (κ2) is 9.26. The zero-order chi connectivity index (χ0) is 19.9. The summed E-state index contributed by atoms with van der Waals surface area (Å²) >= 11 is 0. The van der Waals surface area contributed by atoms with Gasteiger partial charge in [-0.1, -0.05) is 30.3 Å². The molecule has 1 heterocycles. The smallest absolute Gasteiger partial charge is 0.232 e. The van der Waals surface area contributed by atoms with Crippen LogP contribution in [-0.2, 0) is 9.59 Å². The molecule has 1 saturated heterocycles. The standard InChI is InChI=1S/C22H27N3O3/c1-17(18-6-4-3-5-7-18)23-21(26)16-22(27)25-14-12-24(13-15-25)19-8-10-20(28-2)11-9-19/h3-11,17H,12-16H2,1-2H3,(H,23,26). The Morgan fingerprint density at radius 2 is 1.64 bits per heavy atom. The molecular formula is C22H27N3O3. The highest BCUT2D eigenvalue weighted by atomic mass is 16.5. The monoisotopic (exact) mass is 381 g/mol. The molecule has 0 spiro atoms. The predicted octanol–water partition coefficient (Wildman–Crippen LogP) is 2.61. The highest BCUT2D eigenvalue weighted by Crippen LogP contribution is 2.20. The van der Waals surface area contributed by atoms with E-state index in [0.29, 0.717) is 13.1 Å². The first-order valence-corrected chi connectivity index (χ1v) is 9.58. The average Bonchev–Trinajstić information content (AvgIpc) is 2.74. The third kappa shape index (κ3) is 5.03. The minimum Gasteiger partial charge on any atom is -0.497 e. The molecule has 1 aliphatic heterocycles. The molecule has 0 bridgehead atoms. The van der Waals surface area contributed by atoms with E-state index < -0.39 is 0 Å². The fraction of sp³-hybridized carbons (Fsp3) is 0.364. The summed E-state index contributed by atoms with van der Waals surface area (Å²) in [5.41, 5.74) is 2.14. The molecule has 1 atom stereocenters. The van der Waals surface area contributed by atoms with E-state index in [0.717, 1.165) is 30.1 Å². The number of hydrogen-bond donors (Lipinski definition) is 1. The van der Waals surface area contributed by atoms with Crippen molar-refractivity contribution in [2.24, 2.45) is 0 Å². The lowest BCUT2D eigenvalue weighted by molar-refractivity contribution is -0.136. The van der Waals surface area contributed by atoms with Gasteiger partial charge in [0.15, 0.2) is 0 Å². The first-order valence-electron chi connectivity index (χ1n) is 9.58. The fourth-order valence-corrected chi connectivity index (χ4v) is 3.37. The Labute approximate surface area is 166 Å². The molecule has 0 aliphatic carbocycles. The van der Waals surface area contributed by atoms with E-state index in [1.807, 2.05) is 61.5 Å². The van der Waals surface area contributed by atoms with Gasteiger partial charge in [0.2, 0.25) is 11.8 Å². The third-order valence-electron chi connectivity index (χ3n) is 5.06. The fourth-order valence-electron chi connectivity index (χ4n) is 3.37. The Morgan fingerprint density at radius 3 is 2.25 bits per heavy atom. The van der Waals surface area contributed by atoms with E-state index >= 15 is 0 Å². The molecule has 148 valence electrons. The SMILES string of the molecule is COc1ccc(N2CCN(C(=O)CC(=O)NC(C)c3ccccc3)CC2)cc1. The minimum absolute atomic E-state index is 0.111. The van der Waals surface area contributed by atoms with E-state index in [9.17, 15) is 9.59 Å². The van der Waals surface area contributed by atoms with Crippen LogP contribution in [0, 0.1) is 0 Å². The summed E-state index contributed by atoms with van der Waals surface area (Å²) in [6.45, 7) is 4.66. The lowest BCUT2D eigenvalue weighted by Gasteiger charge is -2.36. The van der Waals surface area contributed by atoms with Crippen LogP contribution >= 0.6 is 0 Å². The lowest BCUT2D eigenvalue weighted by atomic mass is 10.1. The average molecular weight is 381 g/mol. The zero-order valence-corrected chi connectivity index (χ0v) is 16.4. The van der Waals surface area contributed by atoms with Crippen LogP contribution in [0.3, 0.4) is 0 Å². The maximum absolute atomic E-state index is 12.5. The van der Waals surface area contributed by atoms with Gasteiger partial charge in [0, 0.05) is 31.9 Å².